The van der Waals surface area contributed by atoms with Gasteiger partial charge in [-0.1, -0.05) is 0 Å². The second kappa shape index (κ2) is 9.62. The topological polar surface area (TPSA) is 61.9 Å². The molecular weight excluding hydrogens is 342 g/mol. The van der Waals surface area contributed by atoms with Crippen LogP contribution in [-0.2, 0) is 9.53 Å². The minimum atomic E-state index is -0.511. The summed E-state index contributed by atoms with van der Waals surface area (Å²) in [6.07, 6.45) is 4.39. The lowest BCUT2D eigenvalue weighted by molar-refractivity contribution is -0.116. The molecule has 1 aliphatic rings. The molecule has 0 atom stereocenters. The molecule has 6 nitrogen and oxygen atoms in total. The van der Waals surface area contributed by atoms with Gasteiger partial charge in [0.15, 0.2) is 0 Å². The Labute approximate surface area is 162 Å². The van der Waals surface area contributed by atoms with Gasteiger partial charge in [0.05, 0.1) is 0 Å². The molecular formula is C21H33N3O3. The Kier molecular flexibility index (Phi) is 7.51. The normalized spacial score (nSPS) is 14.6. The Hall–Kier alpha value is -2.24. The van der Waals surface area contributed by atoms with E-state index in [0.29, 0.717) is 19.4 Å². The van der Waals surface area contributed by atoms with Gasteiger partial charge in [0.1, 0.15) is 5.60 Å². The fourth-order valence-electron chi connectivity index (χ4n) is 3.04. The Morgan fingerprint density at radius 1 is 1.11 bits per heavy atom. The van der Waals surface area contributed by atoms with E-state index in [1.165, 1.54) is 29.8 Å². The zero-order valence-corrected chi connectivity index (χ0v) is 17.1. The highest BCUT2D eigenvalue weighted by Crippen LogP contribution is 2.22. The largest absolute Gasteiger partial charge is 0.444 e. The van der Waals surface area contributed by atoms with Gasteiger partial charge in [-0.3, -0.25) is 4.79 Å². The van der Waals surface area contributed by atoms with E-state index in [4.69, 9.17) is 4.74 Å². The molecule has 2 amide bonds. The molecule has 1 aromatic rings. The lowest BCUT2D eigenvalue weighted by atomic mass is 10.1. The predicted molar refractivity (Wildman–Crippen MR) is 109 cm³/mol. The van der Waals surface area contributed by atoms with Crippen LogP contribution >= 0.6 is 0 Å². The highest BCUT2D eigenvalue weighted by Gasteiger charge is 2.19. The van der Waals surface area contributed by atoms with Gasteiger partial charge in [0.25, 0.3) is 0 Å². The van der Waals surface area contributed by atoms with Crippen molar-refractivity contribution in [2.45, 2.75) is 58.5 Å². The fourth-order valence-corrected chi connectivity index (χ4v) is 3.04. The van der Waals surface area contributed by atoms with E-state index in [1.54, 1.807) is 7.05 Å². The van der Waals surface area contributed by atoms with Gasteiger partial charge in [0, 0.05) is 44.5 Å². The summed E-state index contributed by atoms with van der Waals surface area (Å²) in [4.78, 5) is 27.9. The number of nitrogens with one attached hydrogen (secondary N) is 1. The standard InChI is InChI=1S/C21H33N3O3/c1-21(2,3)27-20(26)23(4)14-8-9-19(25)22-17-10-12-18(13-11-17)24-15-6-5-7-16-24/h10-13H,5-9,14-16H2,1-4H3,(H,22,25). The van der Waals surface area contributed by atoms with Gasteiger partial charge >= 0.3 is 6.09 Å². The molecule has 1 aromatic carbocycles. The van der Waals surface area contributed by atoms with Crippen molar-refractivity contribution in [3.63, 3.8) is 0 Å². The van der Waals surface area contributed by atoms with Crippen LogP contribution in [0.5, 0.6) is 0 Å². The first-order valence-electron chi connectivity index (χ1n) is 9.83. The number of benzene rings is 1. The van der Waals surface area contributed by atoms with Crippen LogP contribution in [0.1, 0.15) is 52.9 Å². The number of nitrogens with zero attached hydrogens (tertiary/aromatic N) is 2. The Bertz CT molecular complexity index is 617. The Balaban J connectivity index is 1.71. The SMILES string of the molecule is CN(CCCC(=O)Nc1ccc(N2CCCCC2)cc1)C(=O)OC(C)(C)C. The molecule has 27 heavy (non-hydrogen) atoms. The lowest BCUT2D eigenvalue weighted by Gasteiger charge is -2.28. The van der Waals surface area contributed by atoms with E-state index in [1.807, 2.05) is 32.9 Å². The zero-order valence-electron chi connectivity index (χ0n) is 17.1. The van der Waals surface area contributed by atoms with E-state index >= 15 is 0 Å². The monoisotopic (exact) mass is 375 g/mol. The van der Waals surface area contributed by atoms with Crippen LogP contribution < -0.4 is 10.2 Å². The lowest BCUT2D eigenvalue weighted by Crippen LogP contribution is -2.35. The highest BCUT2D eigenvalue weighted by molar-refractivity contribution is 5.90. The summed E-state index contributed by atoms with van der Waals surface area (Å²) >= 11 is 0. The smallest absolute Gasteiger partial charge is 0.410 e. The maximum atomic E-state index is 12.1. The van der Waals surface area contributed by atoms with Crippen LogP contribution in [0, 0.1) is 0 Å². The number of carbonyl (C=O) groups is 2. The van der Waals surface area contributed by atoms with Crippen molar-refractivity contribution in [1.29, 1.82) is 0 Å². The molecule has 1 fully saturated rings. The van der Waals surface area contributed by atoms with Gasteiger partial charge in [-0.25, -0.2) is 4.79 Å². The molecule has 0 aliphatic carbocycles. The number of rotatable bonds is 6. The second-order valence-corrected chi connectivity index (χ2v) is 8.15. The molecule has 150 valence electrons. The maximum absolute atomic E-state index is 12.1. The summed E-state index contributed by atoms with van der Waals surface area (Å²) in [5.74, 6) is -0.0432. The number of hydrogen-bond acceptors (Lipinski definition) is 4. The first-order valence-corrected chi connectivity index (χ1v) is 9.83. The van der Waals surface area contributed by atoms with Crippen LogP contribution in [0.15, 0.2) is 24.3 Å². The Morgan fingerprint density at radius 3 is 2.33 bits per heavy atom. The minimum Gasteiger partial charge on any atom is -0.444 e. The van der Waals surface area contributed by atoms with Gasteiger partial charge < -0.3 is 19.9 Å². The minimum absolute atomic E-state index is 0.0432. The molecule has 0 radical (unpaired) electrons. The third kappa shape index (κ3) is 7.49. The van der Waals surface area contributed by atoms with Gasteiger partial charge in [0.2, 0.25) is 5.91 Å². The quantitative estimate of drug-likeness (QED) is 0.807. The third-order valence-electron chi connectivity index (χ3n) is 4.47. The van der Waals surface area contributed by atoms with Gasteiger partial charge in [-0.05, 0) is 70.7 Å². The van der Waals surface area contributed by atoms with Crippen molar-refractivity contribution < 1.29 is 14.3 Å². The average Bonchev–Trinajstić information content (AvgIpc) is 2.61. The second-order valence-electron chi connectivity index (χ2n) is 8.15. The molecule has 1 N–H and O–H groups in total. The molecule has 6 heteroatoms. The van der Waals surface area contributed by atoms with Crippen molar-refractivity contribution in [3.05, 3.63) is 24.3 Å². The van der Waals surface area contributed by atoms with E-state index in [2.05, 4.69) is 22.3 Å². The summed E-state index contributed by atoms with van der Waals surface area (Å²) in [6, 6.07) is 8.04. The Morgan fingerprint density at radius 2 is 1.74 bits per heavy atom. The summed E-state index contributed by atoms with van der Waals surface area (Å²) < 4.78 is 5.30. The first-order chi connectivity index (χ1) is 12.7. The predicted octanol–water partition coefficient (Wildman–Crippen LogP) is 4.26. The number of anilines is 2. The van der Waals surface area contributed by atoms with E-state index in [9.17, 15) is 9.59 Å². The van der Waals surface area contributed by atoms with Crippen LogP contribution in [0.2, 0.25) is 0 Å². The van der Waals surface area contributed by atoms with Crippen LogP contribution in [0.3, 0.4) is 0 Å². The molecule has 1 saturated heterocycles. The fraction of sp³-hybridized carbons (Fsp3) is 0.619. The number of hydrogen-bond donors (Lipinski definition) is 1. The summed E-state index contributed by atoms with van der Waals surface area (Å²) in [7, 11) is 1.69. The van der Waals surface area contributed by atoms with E-state index in [-0.39, 0.29) is 12.0 Å². The average molecular weight is 376 g/mol. The summed E-state index contributed by atoms with van der Waals surface area (Å²) in [5.41, 5.74) is 1.51. The zero-order chi connectivity index (χ0) is 19.9. The van der Waals surface area contributed by atoms with Crippen LogP contribution in [-0.4, -0.2) is 49.2 Å². The van der Waals surface area contributed by atoms with Crippen LogP contribution in [0.25, 0.3) is 0 Å². The molecule has 0 spiro atoms. The highest BCUT2D eigenvalue weighted by atomic mass is 16.6. The molecule has 2 rings (SSSR count). The van der Waals surface area contributed by atoms with Crippen molar-refractivity contribution in [2.24, 2.45) is 0 Å². The van der Waals surface area contributed by atoms with Crippen molar-refractivity contribution in [1.82, 2.24) is 4.90 Å². The van der Waals surface area contributed by atoms with Crippen molar-refractivity contribution in [3.8, 4) is 0 Å². The molecule has 1 aliphatic heterocycles. The van der Waals surface area contributed by atoms with E-state index < -0.39 is 5.60 Å². The number of carbonyl (C=O) groups excluding carboxylic acids is 2. The number of amides is 2. The van der Waals surface area contributed by atoms with Crippen molar-refractivity contribution >= 4 is 23.4 Å². The molecule has 1 heterocycles. The van der Waals surface area contributed by atoms with Crippen LogP contribution in [0.4, 0.5) is 16.2 Å². The number of piperidine rings is 1. The van der Waals surface area contributed by atoms with Gasteiger partial charge in [-0.15, -0.1) is 0 Å². The maximum Gasteiger partial charge on any atom is 0.410 e. The molecule has 0 aromatic heterocycles. The van der Waals surface area contributed by atoms with Gasteiger partial charge in [-0.2, -0.15) is 0 Å². The summed E-state index contributed by atoms with van der Waals surface area (Å²) in [5, 5.41) is 2.92. The van der Waals surface area contributed by atoms with E-state index in [0.717, 1.165) is 18.8 Å². The molecule has 0 bridgehead atoms. The third-order valence-corrected chi connectivity index (χ3v) is 4.47. The number of ether oxygens (including phenoxy) is 1. The first kappa shape index (κ1) is 21.1. The van der Waals surface area contributed by atoms with Crippen molar-refractivity contribution in [2.75, 3.05) is 36.9 Å². The summed E-state index contributed by atoms with van der Waals surface area (Å²) in [6.45, 7) is 8.21. The molecule has 0 unspecified atom stereocenters. The molecule has 0 saturated carbocycles.